The molecule has 6 nitrogen and oxygen atoms in total. The predicted octanol–water partition coefficient (Wildman–Crippen LogP) is -0.0774. The average molecular weight is 268 g/mol. The summed E-state index contributed by atoms with van der Waals surface area (Å²) in [5.74, 6) is -0.525. The minimum absolute atomic E-state index is 0.0424. The fourth-order valence-electron chi connectivity index (χ4n) is 2.62. The Morgan fingerprint density at radius 1 is 1.42 bits per heavy atom. The summed E-state index contributed by atoms with van der Waals surface area (Å²) in [6, 6.07) is 0. The van der Waals surface area contributed by atoms with Crippen LogP contribution in [-0.4, -0.2) is 48.9 Å². The van der Waals surface area contributed by atoms with Crippen LogP contribution in [0.25, 0.3) is 0 Å². The molecule has 0 bridgehead atoms. The van der Waals surface area contributed by atoms with Crippen molar-refractivity contribution in [3.05, 3.63) is 0 Å². The number of esters is 1. The van der Waals surface area contributed by atoms with Crippen LogP contribution < -0.4 is 5.32 Å². The molecule has 19 heavy (non-hydrogen) atoms. The van der Waals surface area contributed by atoms with E-state index in [1.54, 1.807) is 14.0 Å². The SMILES string of the molecule is CNC(C)(CCCN1C(=O)C2CC2C1=O)C(=O)OC. The monoisotopic (exact) mass is 268 g/mol. The van der Waals surface area contributed by atoms with E-state index in [9.17, 15) is 14.4 Å². The lowest BCUT2D eigenvalue weighted by molar-refractivity contribution is -0.148. The van der Waals surface area contributed by atoms with Gasteiger partial charge in [0.1, 0.15) is 5.54 Å². The summed E-state index contributed by atoms with van der Waals surface area (Å²) in [5, 5.41) is 2.93. The molecule has 1 N–H and O–H groups in total. The van der Waals surface area contributed by atoms with Crippen LogP contribution in [0.15, 0.2) is 0 Å². The van der Waals surface area contributed by atoms with Crippen molar-refractivity contribution in [1.29, 1.82) is 0 Å². The molecule has 1 aliphatic heterocycles. The number of amides is 2. The second-order valence-electron chi connectivity index (χ2n) is 5.45. The summed E-state index contributed by atoms with van der Waals surface area (Å²) < 4.78 is 4.75. The number of ether oxygens (including phenoxy) is 1. The van der Waals surface area contributed by atoms with Crippen molar-refractivity contribution >= 4 is 17.8 Å². The Bertz CT molecular complexity index is 403. The van der Waals surface area contributed by atoms with Crippen LogP contribution in [0.3, 0.4) is 0 Å². The van der Waals surface area contributed by atoms with E-state index in [2.05, 4.69) is 5.32 Å². The first kappa shape index (κ1) is 14.0. The normalized spacial score (nSPS) is 28.1. The second-order valence-corrected chi connectivity index (χ2v) is 5.45. The smallest absolute Gasteiger partial charge is 0.325 e. The van der Waals surface area contributed by atoms with E-state index in [1.165, 1.54) is 12.0 Å². The number of fused-ring (bicyclic) bond motifs is 1. The van der Waals surface area contributed by atoms with Gasteiger partial charge in [-0.05, 0) is 33.2 Å². The van der Waals surface area contributed by atoms with Gasteiger partial charge in [0.2, 0.25) is 11.8 Å². The van der Waals surface area contributed by atoms with Crippen molar-refractivity contribution in [3.8, 4) is 0 Å². The molecule has 1 saturated carbocycles. The fraction of sp³-hybridized carbons (Fsp3) is 0.769. The van der Waals surface area contributed by atoms with Gasteiger partial charge in [-0.3, -0.25) is 19.3 Å². The van der Waals surface area contributed by atoms with Crippen molar-refractivity contribution in [3.63, 3.8) is 0 Å². The van der Waals surface area contributed by atoms with Gasteiger partial charge in [0.15, 0.2) is 0 Å². The molecule has 0 spiro atoms. The fourth-order valence-corrected chi connectivity index (χ4v) is 2.62. The van der Waals surface area contributed by atoms with Crippen LogP contribution in [0, 0.1) is 11.8 Å². The Kier molecular flexibility index (Phi) is 3.62. The minimum Gasteiger partial charge on any atom is -0.468 e. The number of hydrogen-bond acceptors (Lipinski definition) is 5. The minimum atomic E-state index is -0.774. The summed E-state index contributed by atoms with van der Waals surface area (Å²) in [5.41, 5.74) is -0.774. The highest BCUT2D eigenvalue weighted by Crippen LogP contribution is 2.46. The lowest BCUT2D eigenvalue weighted by atomic mass is 9.96. The molecule has 0 aromatic carbocycles. The maximum Gasteiger partial charge on any atom is 0.325 e. The quantitative estimate of drug-likeness (QED) is 0.539. The van der Waals surface area contributed by atoms with E-state index >= 15 is 0 Å². The zero-order valence-electron chi connectivity index (χ0n) is 11.6. The highest BCUT2D eigenvalue weighted by atomic mass is 16.5. The average Bonchev–Trinajstić information content (AvgIpc) is 3.17. The predicted molar refractivity (Wildman–Crippen MR) is 67.0 cm³/mol. The molecular weight excluding hydrogens is 248 g/mol. The lowest BCUT2D eigenvalue weighted by Gasteiger charge is -2.27. The summed E-state index contributed by atoms with van der Waals surface area (Å²) >= 11 is 0. The molecule has 2 amide bonds. The van der Waals surface area contributed by atoms with Gasteiger partial charge in [0.25, 0.3) is 0 Å². The second kappa shape index (κ2) is 4.92. The zero-order valence-corrected chi connectivity index (χ0v) is 11.6. The summed E-state index contributed by atoms with van der Waals surface area (Å²) in [7, 11) is 3.04. The molecule has 2 rings (SSSR count). The Labute approximate surface area is 112 Å². The number of nitrogens with one attached hydrogen (secondary N) is 1. The first-order valence-electron chi connectivity index (χ1n) is 6.57. The molecule has 106 valence electrons. The topological polar surface area (TPSA) is 75.7 Å². The number of nitrogens with zero attached hydrogens (tertiary/aromatic N) is 1. The summed E-state index contributed by atoms with van der Waals surface area (Å²) in [6.07, 6.45) is 1.83. The molecule has 0 aromatic heterocycles. The summed E-state index contributed by atoms with van der Waals surface area (Å²) in [4.78, 5) is 36.5. The van der Waals surface area contributed by atoms with Gasteiger partial charge < -0.3 is 10.1 Å². The van der Waals surface area contributed by atoms with Crippen LogP contribution in [0.2, 0.25) is 0 Å². The lowest BCUT2D eigenvalue weighted by Crippen LogP contribution is -2.48. The maximum absolute atomic E-state index is 11.8. The van der Waals surface area contributed by atoms with Crippen molar-refractivity contribution in [2.24, 2.45) is 11.8 Å². The molecule has 1 heterocycles. The first-order chi connectivity index (χ1) is 8.94. The number of likely N-dealkylation sites (N-methyl/N-ethyl adjacent to an activating group) is 1. The van der Waals surface area contributed by atoms with Crippen LogP contribution in [-0.2, 0) is 19.1 Å². The maximum atomic E-state index is 11.8. The highest BCUT2D eigenvalue weighted by Gasteiger charge is 2.58. The molecule has 2 aliphatic rings. The van der Waals surface area contributed by atoms with Gasteiger partial charge in [0.05, 0.1) is 18.9 Å². The van der Waals surface area contributed by atoms with Gasteiger partial charge in [-0.2, -0.15) is 0 Å². The number of rotatable bonds is 6. The Balaban J connectivity index is 1.85. The van der Waals surface area contributed by atoms with Crippen LogP contribution >= 0.6 is 0 Å². The van der Waals surface area contributed by atoms with Crippen molar-refractivity contribution in [2.45, 2.75) is 31.7 Å². The van der Waals surface area contributed by atoms with Gasteiger partial charge in [-0.25, -0.2) is 0 Å². The van der Waals surface area contributed by atoms with Crippen molar-refractivity contribution in [1.82, 2.24) is 10.2 Å². The molecule has 2 fully saturated rings. The van der Waals surface area contributed by atoms with Crippen LogP contribution in [0.4, 0.5) is 0 Å². The van der Waals surface area contributed by atoms with Gasteiger partial charge in [-0.1, -0.05) is 0 Å². The van der Waals surface area contributed by atoms with Crippen molar-refractivity contribution < 1.29 is 19.1 Å². The number of imide groups is 1. The number of likely N-dealkylation sites (tertiary alicyclic amines) is 1. The van der Waals surface area contributed by atoms with Gasteiger partial charge >= 0.3 is 5.97 Å². The molecule has 0 radical (unpaired) electrons. The van der Waals surface area contributed by atoms with E-state index in [4.69, 9.17) is 4.74 Å². The zero-order chi connectivity index (χ0) is 14.2. The highest BCUT2D eigenvalue weighted by molar-refractivity contribution is 6.08. The number of piperidine rings is 1. The van der Waals surface area contributed by atoms with Gasteiger partial charge in [0, 0.05) is 6.54 Å². The number of carbonyl (C=O) groups is 3. The molecule has 1 saturated heterocycles. The van der Waals surface area contributed by atoms with Gasteiger partial charge in [-0.15, -0.1) is 0 Å². The standard InChI is InChI=1S/C13H20N2O4/c1-13(14-2,12(18)19-3)5-4-6-15-10(16)8-7-9(8)11(15)17/h8-9,14H,4-7H2,1-3H3. The van der Waals surface area contributed by atoms with E-state index < -0.39 is 5.54 Å². The number of carbonyl (C=O) groups excluding carboxylic acids is 3. The third-order valence-electron chi connectivity index (χ3n) is 4.20. The Morgan fingerprint density at radius 2 is 2.00 bits per heavy atom. The number of methoxy groups -OCH3 is 1. The van der Waals surface area contributed by atoms with E-state index in [1.807, 2.05) is 0 Å². The molecule has 1 aliphatic carbocycles. The van der Waals surface area contributed by atoms with Crippen LogP contribution in [0.1, 0.15) is 26.2 Å². The molecule has 3 unspecified atom stereocenters. The van der Waals surface area contributed by atoms with E-state index in [-0.39, 0.29) is 29.6 Å². The third-order valence-corrected chi connectivity index (χ3v) is 4.20. The Morgan fingerprint density at radius 3 is 2.47 bits per heavy atom. The number of hydrogen-bond donors (Lipinski definition) is 1. The molecular formula is C13H20N2O4. The van der Waals surface area contributed by atoms with Crippen LogP contribution in [0.5, 0.6) is 0 Å². The third kappa shape index (κ3) is 2.36. The van der Waals surface area contributed by atoms with Crippen molar-refractivity contribution in [2.75, 3.05) is 20.7 Å². The molecule has 0 aromatic rings. The first-order valence-corrected chi connectivity index (χ1v) is 6.57. The summed E-state index contributed by atoms with van der Waals surface area (Å²) in [6.45, 7) is 2.14. The molecule has 6 heteroatoms. The Hall–Kier alpha value is -1.43. The largest absolute Gasteiger partial charge is 0.468 e. The molecule has 3 atom stereocenters. The van der Waals surface area contributed by atoms with E-state index in [0.29, 0.717) is 19.4 Å². The van der Waals surface area contributed by atoms with E-state index in [0.717, 1.165) is 6.42 Å².